The van der Waals surface area contributed by atoms with E-state index in [-0.39, 0.29) is 5.60 Å². The first-order valence-corrected chi connectivity index (χ1v) is 7.16. The Morgan fingerprint density at radius 1 is 1.33 bits per heavy atom. The summed E-state index contributed by atoms with van der Waals surface area (Å²) in [7, 11) is 1.80. The summed E-state index contributed by atoms with van der Waals surface area (Å²) in [4.78, 5) is 0. The van der Waals surface area contributed by atoms with Gasteiger partial charge in [-0.2, -0.15) is 0 Å². The van der Waals surface area contributed by atoms with E-state index < -0.39 is 0 Å². The topological polar surface area (TPSA) is 39.9 Å². The predicted molar refractivity (Wildman–Crippen MR) is 71.7 cm³/mol. The summed E-state index contributed by atoms with van der Waals surface area (Å²) in [5.41, 5.74) is -0.00859. The largest absolute Gasteiger partial charge is 0.378 e. The van der Waals surface area contributed by atoms with E-state index in [0.717, 1.165) is 37.5 Å². The number of hydrogen-bond acceptors (Lipinski definition) is 3. The number of aromatic nitrogens is 3. The van der Waals surface area contributed by atoms with Crippen LogP contribution in [0, 0.1) is 5.92 Å². The number of nitrogens with zero attached hydrogens (tertiary/aromatic N) is 3. The predicted octanol–water partition coefficient (Wildman–Crippen LogP) is 2.78. The Bertz CT molecular complexity index is 393. The minimum atomic E-state index is -0.00859. The number of alkyl halides is 1. The second kappa shape index (κ2) is 5.57. The Kier molecular flexibility index (Phi) is 4.28. The lowest BCUT2D eigenvalue weighted by Gasteiger charge is -2.40. The van der Waals surface area contributed by atoms with Crippen LogP contribution in [-0.4, -0.2) is 27.5 Å². The summed E-state index contributed by atoms with van der Waals surface area (Å²) in [5, 5.41) is 8.49. The summed E-state index contributed by atoms with van der Waals surface area (Å²) in [6, 6.07) is 0. The standard InChI is InChI=1S/C13H22ClN3O/c1-10(2)9-17-11(15-16-12(17)8-14)7-13(18-3)5-4-6-13/h10H,4-9H2,1-3H3. The van der Waals surface area contributed by atoms with Gasteiger partial charge in [-0.05, 0) is 25.2 Å². The van der Waals surface area contributed by atoms with Crippen molar-refractivity contribution in [2.45, 2.75) is 57.6 Å². The summed E-state index contributed by atoms with van der Waals surface area (Å²) < 4.78 is 7.83. The Balaban J connectivity index is 2.18. The summed E-state index contributed by atoms with van der Waals surface area (Å²) in [5.74, 6) is 2.85. The molecule has 0 aromatic carbocycles. The molecule has 2 rings (SSSR count). The molecule has 0 bridgehead atoms. The summed E-state index contributed by atoms with van der Waals surface area (Å²) in [6.07, 6.45) is 4.33. The summed E-state index contributed by atoms with van der Waals surface area (Å²) >= 11 is 5.93. The van der Waals surface area contributed by atoms with Gasteiger partial charge in [0.1, 0.15) is 11.6 Å². The molecule has 0 unspecified atom stereocenters. The molecule has 0 N–H and O–H groups in total. The number of rotatable bonds is 6. The van der Waals surface area contributed by atoms with Gasteiger partial charge in [0.25, 0.3) is 0 Å². The van der Waals surface area contributed by atoms with E-state index in [2.05, 4.69) is 28.6 Å². The highest BCUT2D eigenvalue weighted by molar-refractivity contribution is 6.16. The molecule has 0 amide bonds. The maximum Gasteiger partial charge on any atom is 0.147 e. The first-order valence-electron chi connectivity index (χ1n) is 6.62. The fraction of sp³-hybridized carbons (Fsp3) is 0.846. The minimum absolute atomic E-state index is 0.00859. The van der Waals surface area contributed by atoms with Crippen molar-refractivity contribution < 1.29 is 4.74 Å². The van der Waals surface area contributed by atoms with Crippen molar-refractivity contribution >= 4 is 11.6 Å². The fourth-order valence-corrected chi connectivity index (χ4v) is 2.69. The Labute approximate surface area is 114 Å². The molecule has 0 radical (unpaired) electrons. The molecular formula is C13H22ClN3O. The zero-order valence-electron chi connectivity index (χ0n) is 11.4. The van der Waals surface area contributed by atoms with Crippen LogP contribution in [0.5, 0.6) is 0 Å². The van der Waals surface area contributed by atoms with Gasteiger partial charge in [-0.25, -0.2) is 0 Å². The third-order valence-corrected chi connectivity index (χ3v) is 3.99. The quantitative estimate of drug-likeness (QED) is 0.747. The maximum atomic E-state index is 5.93. The average Bonchev–Trinajstić information content (AvgIpc) is 2.65. The van der Waals surface area contributed by atoms with Crippen molar-refractivity contribution in [1.82, 2.24) is 14.8 Å². The first kappa shape index (κ1) is 13.8. The van der Waals surface area contributed by atoms with Crippen LogP contribution in [0.25, 0.3) is 0 Å². The van der Waals surface area contributed by atoms with Crippen molar-refractivity contribution in [3.05, 3.63) is 11.6 Å². The maximum absolute atomic E-state index is 5.93. The van der Waals surface area contributed by atoms with Crippen LogP contribution < -0.4 is 0 Å². The Morgan fingerprint density at radius 3 is 2.44 bits per heavy atom. The van der Waals surface area contributed by atoms with E-state index in [1.807, 2.05) is 0 Å². The molecular weight excluding hydrogens is 250 g/mol. The normalized spacial score (nSPS) is 18.1. The van der Waals surface area contributed by atoms with E-state index in [1.165, 1.54) is 6.42 Å². The zero-order valence-corrected chi connectivity index (χ0v) is 12.2. The number of hydrogen-bond donors (Lipinski definition) is 0. The van der Waals surface area contributed by atoms with Gasteiger partial charge in [-0.3, -0.25) is 0 Å². The van der Waals surface area contributed by atoms with Crippen LogP contribution >= 0.6 is 11.6 Å². The lowest BCUT2D eigenvalue weighted by molar-refractivity contribution is -0.0727. The zero-order chi connectivity index (χ0) is 13.2. The third kappa shape index (κ3) is 2.69. The van der Waals surface area contributed by atoms with E-state index in [1.54, 1.807) is 7.11 Å². The van der Waals surface area contributed by atoms with Crippen molar-refractivity contribution in [1.29, 1.82) is 0 Å². The summed E-state index contributed by atoms with van der Waals surface area (Å²) in [6.45, 7) is 5.30. The number of methoxy groups -OCH3 is 1. The van der Waals surface area contributed by atoms with E-state index in [9.17, 15) is 0 Å². The second-order valence-electron chi connectivity index (χ2n) is 5.59. The lowest BCUT2D eigenvalue weighted by Crippen LogP contribution is -2.42. The highest BCUT2D eigenvalue weighted by Gasteiger charge is 2.38. The van der Waals surface area contributed by atoms with Gasteiger partial charge in [-0.15, -0.1) is 21.8 Å². The van der Waals surface area contributed by atoms with Crippen LogP contribution in [0.2, 0.25) is 0 Å². The molecule has 0 atom stereocenters. The van der Waals surface area contributed by atoms with Gasteiger partial charge in [-0.1, -0.05) is 13.8 Å². The van der Waals surface area contributed by atoms with Crippen LogP contribution in [0.1, 0.15) is 44.8 Å². The van der Waals surface area contributed by atoms with Crippen LogP contribution in [0.15, 0.2) is 0 Å². The molecule has 1 saturated carbocycles. The lowest BCUT2D eigenvalue weighted by atomic mass is 9.77. The number of ether oxygens (including phenoxy) is 1. The number of halogens is 1. The average molecular weight is 272 g/mol. The van der Waals surface area contributed by atoms with Gasteiger partial charge >= 0.3 is 0 Å². The Morgan fingerprint density at radius 2 is 2.00 bits per heavy atom. The smallest absolute Gasteiger partial charge is 0.147 e. The molecule has 1 aromatic rings. The van der Waals surface area contributed by atoms with Gasteiger partial charge < -0.3 is 9.30 Å². The molecule has 1 aromatic heterocycles. The SMILES string of the molecule is COC1(Cc2nnc(CCl)n2CC(C)C)CCC1. The van der Waals surface area contributed by atoms with Gasteiger partial charge in [0.15, 0.2) is 0 Å². The molecule has 4 nitrogen and oxygen atoms in total. The van der Waals surface area contributed by atoms with E-state index >= 15 is 0 Å². The molecule has 1 aliphatic carbocycles. The van der Waals surface area contributed by atoms with Crippen LogP contribution in [0.3, 0.4) is 0 Å². The molecule has 0 saturated heterocycles. The molecule has 1 aliphatic rings. The fourth-order valence-electron chi connectivity index (χ4n) is 2.49. The van der Waals surface area contributed by atoms with Crippen LogP contribution in [-0.2, 0) is 23.6 Å². The van der Waals surface area contributed by atoms with Gasteiger partial charge in [0.2, 0.25) is 0 Å². The van der Waals surface area contributed by atoms with Crippen molar-refractivity contribution in [2.24, 2.45) is 5.92 Å². The first-order chi connectivity index (χ1) is 8.60. The molecule has 18 heavy (non-hydrogen) atoms. The van der Waals surface area contributed by atoms with Gasteiger partial charge in [0, 0.05) is 20.1 Å². The van der Waals surface area contributed by atoms with Gasteiger partial charge in [0.05, 0.1) is 11.5 Å². The molecule has 1 heterocycles. The molecule has 1 fully saturated rings. The van der Waals surface area contributed by atoms with E-state index in [0.29, 0.717) is 11.8 Å². The molecule has 5 heteroatoms. The minimum Gasteiger partial charge on any atom is -0.378 e. The second-order valence-corrected chi connectivity index (χ2v) is 5.86. The van der Waals surface area contributed by atoms with Crippen LogP contribution in [0.4, 0.5) is 0 Å². The van der Waals surface area contributed by atoms with Crippen molar-refractivity contribution in [3.8, 4) is 0 Å². The third-order valence-electron chi connectivity index (χ3n) is 3.75. The molecule has 102 valence electrons. The monoisotopic (exact) mass is 271 g/mol. The molecule has 0 spiro atoms. The highest BCUT2D eigenvalue weighted by atomic mass is 35.5. The van der Waals surface area contributed by atoms with Crippen molar-refractivity contribution in [2.75, 3.05) is 7.11 Å². The highest BCUT2D eigenvalue weighted by Crippen LogP contribution is 2.37. The van der Waals surface area contributed by atoms with E-state index in [4.69, 9.17) is 16.3 Å². The van der Waals surface area contributed by atoms with Crippen molar-refractivity contribution in [3.63, 3.8) is 0 Å². The Hall–Kier alpha value is -0.610. The molecule has 0 aliphatic heterocycles.